The van der Waals surface area contributed by atoms with E-state index in [2.05, 4.69) is 189 Å². The Morgan fingerprint density at radius 3 is 1.79 bits per heavy atom. The summed E-state index contributed by atoms with van der Waals surface area (Å²) in [6.07, 6.45) is 0. The van der Waals surface area contributed by atoms with Gasteiger partial charge in [0.1, 0.15) is 11.3 Å². The van der Waals surface area contributed by atoms with Gasteiger partial charge in [-0.3, -0.25) is 0 Å². The van der Waals surface area contributed by atoms with Gasteiger partial charge < -0.3 is 9.32 Å². The Kier molecular flexibility index (Phi) is 7.42. The fraction of sp³-hybridized carbons (Fsp3) is 0.0870. The Hall–Kier alpha value is -5.86. The van der Waals surface area contributed by atoms with Gasteiger partial charge in [0.2, 0.25) is 0 Å². The third-order valence-electron chi connectivity index (χ3n) is 9.15. The standard InChI is InChI=1S/C46H37NO/c1-46(2,3)44-41-23-9-10-25-43(41)48-45(44)37-20-12-21-39(31-37)47(42-24-13-17-34-16-7-8-22-40(34)42)38-28-26-33(27-29-38)36-19-11-18-35(30-36)32-14-5-4-6-15-32/h4-31H,1-3H3. The minimum atomic E-state index is -0.0963. The molecule has 232 valence electrons. The molecule has 2 nitrogen and oxygen atoms in total. The third kappa shape index (κ3) is 5.46. The molecule has 0 saturated heterocycles. The Morgan fingerprint density at radius 1 is 0.438 bits per heavy atom. The van der Waals surface area contributed by atoms with Crippen molar-refractivity contribution >= 4 is 38.8 Å². The molecule has 0 N–H and O–H groups in total. The van der Waals surface area contributed by atoms with E-state index in [1.165, 1.54) is 44.0 Å². The van der Waals surface area contributed by atoms with Crippen LogP contribution in [0.1, 0.15) is 26.3 Å². The monoisotopic (exact) mass is 619 g/mol. The maximum atomic E-state index is 6.62. The molecule has 0 bridgehead atoms. The van der Waals surface area contributed by atoms with Crippen LogP contribution in [0.5, 0.6) is 0 Å². The highest BCUT2D eigenvalue weighted by molar-refractivity contribution is 5.99. The first-order chi connectivity index (χ1) is 23.4. The average molecular weight is 620 g/mol. The zero-order valence-electron chi connectivity index (χ0n) is 27.5. The van der Waals surface area contributed by atoms with Crippen LogP contribution in [0.15, 0.2) is 174 Å². The zero-order valence-corrected chi connectivity index (χ0v) is 27.5. The van der Waals surface area contributed by atoms with Crippen molar-refractivity contribution in [2.45, 2.75) is 26.2 Å². The molecule has 0 amide bonds. The van der Waals surface area contributed by atoms with Gasteiger partial charge in [-0.05, 0) is 75.5 Å². The molecule has 7 aromatic carbocycles. The number of fused-ring (bicyclic) bond motifs is 2. The summed E-state index contributed by atoms with van der Waals surface area (Å²) in [4.78, 5) is 2.37. The van der Waals surface area contributed by atoms with Crippen molar-refractivity contribution in [3.8, 4) is 33.6 Å². The van der Waals surface area contributed by atoms with E-state index in [1.807, 2.05) is 6.07 Å². The molecule has 0 spiro atoms. The van der Waals surface area contributed by atoms with E-state index in [0.717, 1.165) is 34.0 Å². The first-order valence-electron chi connectivity index (χ1n) is 16.6. The van der Waals surface area contributed by atoms with Gasteiger partial charge in [0.15, 0.2) is 0 Å². The van der Waals surface area contributed by atoms with Crippen LogP contribution in [0.25, 0.3) is 55.3 Å². The second kappa shape index (κ2) is 12.1. The highest BCUT2D eigenvalue weighted by atomic mass is 16.3. The Balaban J connectivity index is 1.26. The second-order valence-corrected chi connectivity index (χ2v) is 13.4. The molecule has 0 aliphatic rings. The van der Waals surface area contributed by atoms with Crippen molar-refractivity contribution < 1.29 is 4.42 Å². The number of furan rings is 1. The van der Waals surface area contributed by atoms with Crippen LogP contribution in [0.4, 0.5) is 17.1 Å². The van der Waals surface area contributed by atoms with E-state index >= 15 is 0 Å². The molecule has 0 saturated carbocycles. The number of hydrogen-bond donors (Lipinski definition) is 0. The SMILES string of the molecule is CC(C)(C)c1c(-c2cccc(N(c3ccc(-c4cccc(-c5ccccc5)c4)cc3)c3cccc4ccccc34)c2)oc2ccccc12. The van der Waals surface area contributed by atoms with Crippen molar-refractivity contribution in [2.75, 3.05) is 4.90 Å². The molecular formula is C46H37NO. The molecule has 0 fully saturated rings. The highest BCUT2D eigenvalue weighted by Gasteiger charge is 2.27. The number of nitrogens with zero attached hydrogens (tertiary/aromatic N) is 1. The Morgan fingerprint density at radius 2 is 1.02 bits per heavy atom. The van der Waals surface area contributed by atoms with E-state index in [-0.39, 0.29) is 5.41 Å². The van der Waals surface area contributed by atoms with Crippen molar-refractivity contribution in [3.63, 3.8) is 0 Å². The predicted molar refractivity (Wildman–Crippen MR) is 203 cm³/mol. The van der Waals surface area contributed by atoms with Crippen LogP contribution in [0.2, 0.25) is 0 Å². The van der Waals surface area contributed by atoms with Gasteiger partial charge in [-0.2, -0.15) is 0 Å². The average Bonchev–Trinajstić information content (AvgIpc) is 3.54. The molecule has 48 heavy (non-hydrogen) atoms. The number of rotatable bonds is 6. The molecule has 0 unspecified atom stereocenters. The summed E-state index contributed by atoms with van der Waals surface area (Å²) in [5, 5.41) is 3.57. The topological polar surface area (TPSA) is 16.4 Å². The highest BCUT2D eigenvalue weighted by Crippen LogP contribution is 2.44. The molecular weight excluding hydrogens is 583 g/mol. The lowest BCUT2D eigenvalue weighted by Gasteiger charge is -2.27. The molecule has 0 radical (unpaired) electrons. The third-order valence-corrected chi connectivity index (χ3v) is 9.15. The molecule has 1 heterocycles. The van der Waals surface area contributed by atoms with Crippen LogP contribution in [-0.4, -0.2) is 0 Å². The van der Waals surface area contributed by atoms with Crippen LogP contribution >= 0.6 is 0 Å². The van der Waals surface area contributed by atoms with Crippen molar-refractivity contribution in [1.82, 2.24) is 0 Å². The summed E-state index contributed by atoms with van der Waals surface area (Å²) >= 11 is 0. The summed E-state index contributed by atoms with van der Waals surface area (Å²) < 4.78 is 6.62. The van der Waals surface area contributed by atoms with Gasteiger partial charge >= 0.3 is 0 Å². The van der Waals surface area contributed by atoms with Crippen LogP contribution in [0, 0.1) is 0 Å². The minimum Gasteiger partial charge on any atom is -0.456 e. The summed E-state index contributed by atoms with van der Waals surface area (Å²) in [6, 6.07) is 60.6. The minimum absolute atomic E-state index is 0.0963. The summed E-state index contributed by atoms with van der Waals surface area (Å²) in [6.45, 7) is 6.78. The molecule has 8 aromatic rings. The van der Waals surface area contributed by atoms with Crippen molar-refractivity contribution in [2.24, 2.45) is 0 Å². The normalized spacial score (nSPS) is 11.6. The smallest absolute Gasteiger partial charge is 0.139 e. The van der Waals surface area contributed by atoms with Crippen LogP contribution in [0.3, 0.4) is 0 Å². The lowest BCUT2D eigenvalue weighted by atomic mass is 9.83. The van der Waals surface area contributed by atoms with E-state index in [9.17, 15) is 0 Å². The number of benzene rings is 7. The molecule has 0 atom stereocenters. The molecule has 0 aliphatic carbocycles. The van der Waals surface area contributed by atoms with Gasteiger partial charge in [-0.25, -0.2) is 0 Å². The van der Waals surface area contributed by atoms with Gasteiger partial charge in [-0.15, -0.1) is 0 Å². The first kappa shape index (κ1) is 29.5. The van der Waals surface area contributed by atoms with E-state index in [4.69, 9.17) is 4.42 Å². The summed E-state index contributed by atoms with van der Waals surface area (Å²) in [5.41, 5.74) is 11.2. The lowest BCUT2D eigenvalue weighted by molar-refractivity contribution is 0.568. The predicted octanol–water partition coefficient (Wildman–Crippen LogP) is 13.4. The van der Waals surface area contributed by atoms with Crippen LogP contribution in [-0.2, 0) is 5.41 Å². The summed E-state index contributed by atoms with van der Waals surface area (Å²) in [7, 11) is 0. The van der Waals surface area contributed by atoms with E-state index in [1.54, 1.807) is 0 Å². The molecule has 2 heteroatoms. The number of hydrogen-bond acceptors (Lipinski definition) is 2. The molecule has 8 rings (SSSR count). The zero-order chi connectivity index (χ0) is 32.7. The Labute approximate surface area is 282 Å². The lowest BCUT2D eigenvalue weighted by Crippen LogP contribution is -2.12. The van der Waals surface area contributed by atoms with Gasteiger partial charge in [0, 0.05) is 33.3 Å². The molecule has 0 aliphatic heterocycles. The van der Waals surface area contributed by atoms with Gasteiger partial charge in [0.25, 0.3) is 0 Å². The number of para-hydroxylation sites is 1. The van der Waals surface area contributed by atoms with Crippen molar-refractivity contribution in [1.29, 1.82) is 0 Å². The number of anilines is 3. The van der Waals surface area contributed by atoms with E-state index in [0.29, 0.717) is 0 Å². The fourth-order valence-electron chi connectivity index (χ4n) is 6.92. The second-order valence-electron chi connectivity index (χ2n) is 13.4. The quantitative estimate of drug-likeness (QED) is 0.184. The maximum absolute atomic E-state index is 6.62. The van der Waals surface area contributed by atoms with Crippen molar-refractivity contribution in [3.05, 3.63) is 175 Å². The van der Waals surface area contributed by atoms with Gasteiger partial charge in [-0.1, -0.05) is 148 Å². The van der Waals surface area contributed by atoms with Crippen LogP contribution < -0.4 is 4.90 Å². The largest absolute Gasteiger partial charge is 0.456 e. The Bertz CT molecular complexity index is 2370. The first-order valence-corrected chi connectivity index (χ1v) is 16.6. The maximum Gasteiger partial charge on any atom is 0.139 e. The summed E-state index contributed by atoms with van der Waals surface area (Å²) in [5.74, 6) is 0.928. The van der Waals surface area contributed by atoms with Gasteiger partial charge in [0.05, 0.1) is 5.69 Å². The van der Waals surface area contributed by atoms with E-state index < -0.39 is 0 Å². The fourth-order valence-corrected chi connectivity index (χ4v) is 6.92. The molecule has 1 aromatic heterocycles.